The number of aromatic nitrogens is 3. The van der Waals surface area contributed by atoms with Gasteiger partial charge >= 0.3 is 0 Å². The molecule has 0 radical (unpaired) electrons. The molecule has 2 heterocycles. The summed E-state index contributed by atoms with van der Waals surface area (Å²) in [6.07, 6.45) is 0. The molecule has 0 saturated carbocycles. The van der Waals surface area contributed by atoms with Crippen LogP contribution in [-0.2, 0) is 11.3 Å². The number of benzene rings is 1. The highest BCUT2D eigenvalue weighted by Gasteiger charge is 2.14. The molecular formula is C16H16ClN5O2S. The van der Waals surface area contributed by atoms with Gasteiger partial charge in [0.05, 0.1) is 6.54 Å². The monoisotopic (exact) mass is 377 g/mol. The number of fused-ring (bicyclic) bond motifs is 1. The molecule has 0 aliphatic rings. The minimum atomic E-state index is -0.235. The van der Waals surface area contributed by atoms with Crippen LogP contribution in [0, 0.1) is 6.92 Å². The summed E-state index contributed by atoms with van der Waals surface area (Å²) in [5.41, 5.74) is 1.26. The Hall–Kier alpha value is -2.45. The summed E-state index contributed by atoms with van der Waals surface area (Å²) < 4.78 is 1.24. The minimum absolute atomic E-state index is 0.109. The number of amides is 1. The molecule has 25 heavy (non-hydrogen) atoms. The van der Waals surface area contributed by atoms with Crippen molar-refractivity contribution in [1.29, 1.82) is 0 Å². The Kier molecular flexibility index (Phi) is 5.00. The first kappa shape index (κ1) is 17.4. The Labute approximate surface area is 152 Å². The number of likely N-dealkylation sites (N-methyl/N-ethyl adjacent to an activating group) is 1. The predicted molar refractivity (Wildman–Crippen MR) is 98.4 cm³/mol. The fourth-order valence-electron chi connectivity index (χ4n) is 2.24. The smallest absolute Gasteiger partial charge is 0.275 e. The van der Waals surface area contributed by atoms with Crippen molar-refractivity contribution >= 4 is 38.9 Å². The minimum Gasteiger partial charge on any atom is -0.350 e. The lowest BCUT2D eigenvalue weighted by molar-refractivity contribution is -0.119. The van der Waals surface area contributed by atoms with Crippen molar-refractivity contribution in [2.24, 2.45) is 0 Å². The van der Waals surface area contributed by atoms with Gasteiger partial charge in [0.2, 0.25) is 16.0 Å². The molecule has 130 valence electrons. The Morgan fingerprint density at radius 2 is 2.16 bits per heavy atom. The summed E-state index contributed by atoms with van der Waals surface area (Å²) in [6, 6.07) is 8.77. The van der Waals surface area contributed by atoms with Gasteiger partial charge in [0.15, 0.2) is 0 Å². The number of nitrogens with zero attached hydrogens (tertiary/aromatic N) is 4. The van der Waals surface area contributed by atoms with Gasteiger partial charge in [0.1, 0.15) is 0 Å². The van der Waals surface area contributed by atoms with Crippen LogP contribution in [0.5, 0.6) is 0 Å². The summed E-state index contributed by atoms with van der Waals surface area (Å²) in [7, 11) is 1.74. The normalized spacial score (nSPS) is 10.8. The van der Waals surface area contributed by atoms with E-state index >= 15 is 0 Å². The number of halogens is 1. The van der Waals surface area contributed by atoms with Gasteiger partial charge < -0.3 is 10.2 Å². The molecule has 0 bridgehead atoms. The van der Waals surface area contributed by atoms with Gasteiger partial charge in [-0.05, 0) is 18.6 Å². The quantitative estimate of drug-likeness (QED) is 0.734. The molecule has 0 spiro atoms. The second kappa shape index (κ2) is 7.20. The van der Waals surface area contributed by atoms with E-state index in [2.05, 4.69) is 15.4 Å². The molecule has 9 heteroatoms. The van der Waals surface area contributed by atoms with Crippen molar-refractivity contribution in [2.45, 2.75) is 13.5 Å². The lowest BCUT2D eigenvalue weighted by Crippen LogP contribution is -2.35. The summed E-state index contributed by atoms with van der Waals surface area (Å²) in [5, 5.41) is 8.20. The van der Waals surface area contributed by atoms with Crippen LogP contribution in [0.3, 0.4) is 0 Å². The number of carbonyl (C=O) groups is 1. The van der Waals surface area contributed by atoms with E-state index in [0.29, 0.717) is 27.4 Å². The first-order chi connectivity index (χ1) is 11.9. The molecule has 1 aromatic carbocycles. The second-order valence-electron chi connectivity index (χ2n) is 5.54. The van der Waals surface area contributed by atoms with E-state index in [4.69, 9.17) is 11.6 Å². The summed E-state index contributed by atoms with van der Waals surface area (Å²) >= 11 is 7.33. The molecule has 2 aromatic heterocycles. The zero-order valence-corrected chi connectivity index (χ0v) is 15.3. The molecule has 0 fully saturated rings. The highest BCUT2D eigenvalue weighted by Crippen LogP contribution is 2.20. The highest BCUT2D eigenvalue weighted by atomic mass is 35.5. The number of anilines is 1. The Morgan fingerprint density at radius 3 is 2.92 bits per heavy atom. The predicted octanol–water partition coefficient (Wildman–Crippen LogP) is 1.87. The molecule has 3 aromatic rings. The van der Waals surface area contributed by atoms with Crippen molar-refractivity contribution in [3.05, 3.63) is 57.0 Å². The van der Waals surface area contributed by atoms with Crippen LogP contribution in [-0.4, -0.2) is 34.1 Å². The zero-order chi connectivity index (χ0) is 18.0. The number of hydrogen-bond donors (Lipinski definition) is 1. The van der Waals surface area contributed by atoms with Crippen molar-refractivity contribution in [1.82, 2.24) is 19.9 Å². The summed E-state index contributed by atoms with van der Waals surface area (Å²) in [4.78, 5) is 30.5. The van der Waals surface area contributed by atoms with Crippen molar-refractivity contribution in [3.8, 4) is 0 Å². The first-order valence-corrected chi connectivity index (χ1v) is 8.72. The van der Waals surface area contributed by atoms with Gasteiger partial charge in [-0.25, -0.2) is 4.98 Å². The first-order valence-electron chi connectivity index (χ1n) is 7.53. The van der Waals surface area contributed by atoms with E-state index in [1.165, 1.54) is 21.9 Å². The van der Waals surface area contributed by atoms with E-state index in [9.17, 15) is 9.59 Å². The number of carbonyl (C=O) groups excluding carboxylic acids is 1. The van der Waals surface area contributed by atoms with Crippen LogP contribution in [0.2, 0.25) is 5.02 Å². The topological polar surface area (TPSA) is 79.6 Å². The third kappa shape index (κ3) is 3.97. The maximum Gasteiger partial charge on any atom is 0.275 e. The maximum absolute atomic E-state index is 12.1. The third-order valence-corrected chi connectivity index (χ3v) is 4.90. The average molecular weight is 378 g/mol. The third-order valence-electron chi connectivity index (χ3n) is 3.50. The SMILES string of the molecule is Cc1cc(=O)n2nc(N(C)CC(=O)NCc3ccccc3Cl)sc2n1. The molecule has 0 atom stereocenters. The van der Waals surface area contributed by atoms with Gasteiger partial charge in [-0.2, -0.15) is 4.52 Å². The Balaban J connectivity index is 1.66. The zero-order valence-electron chi connectivity index (χ0n) is 13.7. The average Bonchev–Trinajstić information content (AvgIpc) is 2.98. The lowest BCUT2D eigenvalue weighted by atomic mass is 10.2. The van der Waals surface area contributed by atoms with E-state index in [-0.39, 0.29) is 18.0 Å². The summed E-state index contributed by atoms with van der Waals surface area (Å²) in [6.45, 7) is 2.22. The molecule has 0 aliphatic heterocycles. The van der Waals surface area contributed by atoms with E-state index in [1.807, 2.05) is 18.2 Å². The molecular weight excluding hydrogens is 362 g/mol. The van der Waals surface area contributed by atoms with Crippen LogP contribution >= 0.6 is 22.9 Å². The second-order valence-corrected chi connectivity index (χ2v) is 6.88. The largest absolute Gasteiger partial charge is 0.350 e. The molecule has 3 rings (SSSR count). The van der Waals surface area contributed by atoms with Gasteiger partial charge in [-0.3, -0.25) is 9.59 Å². The molecule has 0 aliphatic carbocycles. The van der Waals surface area contributed by atoms with E-state index in [1.54, 1.807) is 24.9 Å². The van der Waals surface area contributed by atoms with Crippen LogP contribution in [0.4, 0.5) is 5.13 Å². The van der Waals surface area contributed by atoms with E-state index < -0.39 is 0 Å². The summed E-state index contributed by atoms with van der Waals surface area (Å²) in [5.74, 6) is -0.168. The van der Waals surface area contributed by atoms with Crippen LogP contribution in [0.15, 0.2) is 35.1 Å². The molecule has 1 N–H and O–H groups in total. The lowest BCUT2D eigenvalue weighted by Gasteiger charge is -2.14. The van der Waals surface area contributed by atoms with Gasteiger partial charge in [0, 0.05) is 30.4 Å². The molecule has 0 unspecified atom stereocenters. The Morgan fingerprint density at radius 1 is 1.40 bits per heavy atom. The van der Waals surface area contributed by atoms with Crippen LogP contribution in [0.25, 0.3) is 4.96 Å². The number of nitrogens with one attached hydrogen (secondary N) is 1. The molecule has 7 nitrogen and oxygen atoms in total. The number of hydrogen-bond acceptors (Lipinski definition) is 6. The van der Waals surface area contributed by atoms with Crippen molar-refractivity contribution in [3.63, 3.8) is 0 Å². The Bertz CT molecular complexity index is 984. The number of aryl methyl sites for hydroxylation is 1. The number of rotatable bonds is 5. The molecule has 1 amide bonds. The van der Waals surface area contributed by atoms with Gasteiger partial charge in [0.25, 0.3) is 5.56 Å². The maximum atomic E-state index is 12.1. The fraction of sp³-hybridized carbons (Fsp3) is 0.250. The highest BCUT2D eigenvalue weighted by molar-refractivity contribution is 7.20. The van der Waals surface area contributed by atoms with Crippen molar-refractivity contribution < 1.29 is 4.79 Å². The van der Waals surface area contributed by atoms with Crippen LogP contribution < -0.4 is 15.8 Å². The van der Waals surface area contributed by atoms with Crippen molar-refractivity contribution in [2.75, 3.05) is 18.5 Å². The standard InChI is InChI=1S/C16H16ClN5O2S/c1-10-7-14(24)22-15(19-10)25-16(20-22)21(2)9-13(23)18-8-11-5-3-4-6-12(11)17/h3-7H,8-9H2,1-2H3,(H,18,23). The van der Waals surface area contributed by atoms with Crippen LogP contribution in [0.1, 0.15) is 11.3 Å². The molecule has 0 saturated heterocycles. The fourth-order valence-corrected chi connectivity index (χ4v) is 3.35. The van der Waals surface area contributed by atoms with Gasteiger partial charge in [-0.15, -0.1) is 5.10 Å². The van der Waals surface area contributed by atoms with Gasteiger partial charge in [-0.1, -0.05) is 41.1 Å². The van der Waals surface area contributed by atoms with E-state index in [0.717, 1.165) is 5.56 Å².